The summed E-state index contributed by atoms with van der Waals surface area (Å²) in [4.78, 5) is 0. The molecule has 4 atom stereocenters. The summed E-state index contributed by atoms with van der Waals surface area (Å²) >= 11 is 0. The zero-order chi connectivity index (χ0) is 22.7. The monoisotopic (exact) mass is 448 g/mol. The smallest absolute Gasteiger partial charge is 0.417 e. The zero-order valence-electron chi connectivity index (χ0n) is 17.6. The van der Waals surface area contributed by atoms with Crippen LogP contribution in [0.2, 0.25) is 0 Å². The average Bonchev–Trinajstić information content (AvgIpc) is 3.06. The highest BCUT2D eigenvalue weighted by molar-refractivity contribution is 5.83. The molecule has 2 heterocycles. The Morgan fingerprint density at radius 1 is 1.19 bits per heavy atom. The first-order chi connectivity index (χ1) is 15.2. The Hall–Kier alpha value is -2.61. The van der Waals surface area contributed by atoms with Gasteiger partial charge in [-0.2, -0.15) is 18.3 Å². The van der Waals surface area contributed by atoms with Crippen LogP contribution in [0, 0.1) is 17.7 Å². The number of rotatable bonds is 2. The molecule has 1 saturated carbocycles. The van der Waals surface area contributed by atoms with E-state index in [2.05, 4.69) is 5.10 Å². The Morgan fingerprint density at radius 2 is 1.94 bits per heavy atom. The predicted octanol–water partition coefficient (Wildman–Crippen LogP) is 5.76. The Balaban J connectivity index is 1.59. The summed E-state index contributed by atoms with van der Waals surface area (Å²) in [6.45, 7) is 2.16. The van der Waals surface area contributed by atoms with Gasteiger partial charge in [-0.1, -0.05) is 13.3 Å². The van der Waals surface area contributed by atoms with E-state index in [-0.39, 0.29) is 43.0 Å². The van der Waals surface area contributed by atoms with Gasteiger partial charge in [-0.3, -0.25) is 0 Å². The number of ether oxygens (including phenoxy) is 1. The van der Waals surface area contributed by atoms with Crippen molar-refractivity contribution in [2.75, 3.05) is 6.61 Å². The van der Waals surface area contributed by atoms with E-state index in [1.807, 2.05) is 19.1 Å². The second kappa shape index (κ2) is 7.47. The number of nitrogens with zero attached hydrogens (tertiary/aromatic N) is 2. The van der Waals surface area contributed by atoms with Crippen molar-refractivity contribution in [1.82, 2.24) is 9.78 Å². The van der Waals surface area contributed by atoms with Crippen molar-refractivity contribution in [3.63, 3.8) is 0 Å². The van der Waals surface area contributed by atoms with E-state index in [1.165, 1.54) is 12.1 Å². The van der Waals surface area contributed by atoms with E-state index >= 15 is 0 Å². The first kappa shape index (κ1) is 21.2. The number of aromatic nitrogens is 2. The lowest BCUT2D eigenvalue weighted by Gasteiger charge is -2.46. The molecule has 1 N–H and O–H groups in total. The van der Waals surface area contributed by atoms with Gasteiger partial charge in [-0.15, -0.1) is 0 Å². The summed E-state index contributed by atoms with van der Waals surface area (Å²) in [6.07, 6.45) is -2.58. The van der Waals surface area contributed by atoms with Crippen LogP contribution >= 0.6 is 0 Å². The molecule has 0 amide bonds. The lowest BCUT2D eigenvalue weighted by Crippen LogP contribution is -2.52. The van der Waals surface area contributed by atoms with E-state index in [0.717, 1.165) is 16.5 Å². The van der Waals surface area contributed by atoms with Gasteiger partial charge in [0.05, 0.1) is 24.0 Å². The molecular formula is C24H24F4N2O2. The van der Waals surface area contributed by atoms with Crippen LogP contribution in [0.4, 0.5) is 17.6 Å². The molecule has 0 saturated heterocycles. The third kappa shape index (κ3) is 3.36. The third-order valence-corrected chi connectivity index (χ3v) is 7.14. The van der Waals surface area contributed by atoms with Gasteiger partial charge in [-0.05, 0) is 72.9 Å². The van der Waals surface area contributed by atoms with E-state index in [1.54, 1.807) is 23.0 Å². The number of halogens is 4. The molecule has 2 aliphatic rings. The lowest BCUT2D eigenvalue weighted by molar-refractivity contribution is -0.281. The van der Waals surface area contributed by atoms with Crippen LogP contribution in [0.15, 0.2) is 42.6 Å². The van der Waals surface area contributed by atoms with Crippen LogP contribution in [0.5, 0.6) is 5.75 Å². The fourth-order valence-electron chi connectivity index (χ4n) is 5.58. The highest BCUT2D eigenvalue weighted by Crippen LogP contribution is 2.56. The minimum absolute atomic E-state index is 0.126. The fourth-order valence-corrected chi connectivity index (χ4v) is 5.58. The third-order valence-electron chi connectivity index (χ3n) is 7.14. The number of hydrogen-bond acceptors (Lipinski definition) is 3. The molecule has 32 heavy (non-hydrogen) atoms. The second-order valence-corrected chi connectivity index (χ2v) is 9.01. The summed E-state index contributed by atoms with van der Waals surface area (Å²) in [6, 6.07) is 9.83. The Morgan fingerprint density at radius 3 is 2.62 bits per heavy atom. The predicted molar refractivity (Wildman–Crippen MR) is 111 cm³/mol. The number of alkyl halides is 3. The summed E-state index contributed by atoms with van der Waals surface area (Å²) in [5, 5.41) is 15.8. The van der Waals surface area contributed by atoms with Crippen LogP contribution in [-0.2, 0) is 0 Å². The lowest BCUT2D eigenvalue weighted by atomic mass is 9.61. The maximum Gasteiger partial charge on any atom is 0.417 e. The Bertz CT molecular complexity index is 1140. The van der Waals surface area contributed by atoms with Gasteiger partial charge >= 0.3 is 6.18 Å². The largest absolute Gasteiger partial charge is 0.493 e. The molecule has 0 bridgehead atoms. The minimum atomic E-state index is -4.65. The molecule has 170 valence electrons. The average molecular weight is 448 g/mol. The molecular weight excluding hydrogens is 424 g/mol. The van der Waals surface area contributed by atoms with Crippen molar-refractivity contribution in [1.29, 1.82) is 0 Å². The molecule has 4 nitrogen and oxygen atoms in total. The topological polar surface area (TPSA) is 47.3 Å². The van der Waals surface area contributed by atoms with Crippen molar-refractivity contribution < 1.29 is 27.4 Å². The van der Waals surface area contributed by atoms with Gasteiger partial charge in [0, 0.05) is 11.5 Å². The van der Waals surface area contributed by atoms with Crippen LogP contribution in [0.25, 0.3) is 16.6 Å². The van der Waals surface area contributed by atoms with E-state index < -0.39 is 11.8 Å². The quantitative estimate of drug-likeness (QED) is 0.507. The van der Waals surface area contributed by atoms with Crippen LogP contribution in [0.3, 0.4) is 0 Å². The SMILES string of the molecule is CCC1CC(O)(C(F)(F)F)CC2CCOc3cc4c(cnn4-c4ccc(F)cc4)cc3C12. The van der Waals surface area contributed by atoms with E-state index in [9.17, 15) is 22.7 Å². The maximum absolute atomic E-state index is 13.7. The summed E-state index contributed by atoms with van der Waals surface area (Å²) in [5.41, 5.74) is -0.289. The Labute approximate surface area is 182 Å². The molecule has 0 radical (unpaired) electrons. The van der Waals surface area contributed by atoms with Gasteiger partial charge < -0.3 is 9.84 Å². The normalized spacial score (nSPS) is 28.0. The fraction of sp³-hybridized carbons (Fsp3) is 0.458. The number of hydrogen-bond donors (Lipinski definition) is 1. The van der Waals surface area contributed by atoms with Gasteiger partial charge in [0.25, 0.3) is 0 Å². The number of aliphatic hydroxyl groups is 1. The summed E-state index contributed by atoms with van der Waals surface area (Å²) < 4.78 is 62.1. The standard InChI is InChI=1S/C24H24F4N2O2/c1-2-14-11-23(31,24(26,27)28)12-15-7-8-32-21-10-20-16(9-19(21)22(14)15)13-29-30(20)18-5-3-17(25)4-6-18/h3-6,9-10,13-15,22,31H,2,7-8,11-12H2,1H3. The van der Waals surface area contributed by atoms with Crippen LogP contribution in [0.1, 0.15) is 44.1 Å². The van der Waals surface area contributed by atoms with Gasteiger partial charge in [0.15, 0.2) is 5.60 Å². The minimum Gasteiger partial charge on any atom is -0.493 e. The zero-order valence-corrected chi connectivity index (χ0v) is 17.6. The number of fused-ring (bicyclic) bond motifs is 4. The molecule has 5 rings (SSSR count). The van der Waals surface area contributed by atoms with Gasteiger partial charge in [0.1, 0.15) is 11.6 Å². The van der Waals surface area contributed by atoms with Crippen molar-refractivity contribution >= 4 is 10.9 Å². The molecule has 0 spiro atoms. The highest BCUT2D eigenvalue weighted by Gasteiger charge is 2.59. The van der Waals surface area contributed by atoms with Gasteiger partial charge in [-0.25, -0.2) is 9.07 Å². The first-order valence-corrected chi connectivity index (χ1v) is 10.9. The molecule has 8 heteroatoms. The molecule has 1 aromatic heterocycles. The second-order valence-electron chi connectivity index (χ2n) is 9.01. The maximum atomic E-state index is 13.7. The number of benzene rings is 2. The molecule has 1 fully saturated rings. The Kier molecular flexibility index (Phi) is 4.96. The van der Waals surface area contributed by atoms with E-state index in [4.69, 9.17) is 4.74 Å². The summed E-state index contributed by atoms with van der Waals surface area (Å²) in [7, 11) is 0. The van der Waals surface area contributed by atoms with E-state index in [0.29, 0.717) is 24.3 Å². The van der Waals surface area contributed by atoms with Gasteiger partial charge in [0.2, 0.25) is 0 Å². The molecule has 1 aliphatic carbocycles. The van der Waals surface area contributed by atoms with Crippen LogP contribution < -0.4 is 4.74 Å². The van der Waals surface area contributed by atoms with Crippen molar-refractivity contribution in [2.45, 2.75) is 50.3 Å². The van der Waals surface area contributed by atoms with Crippen molar-refractivity contribution in [2.24, 2.45) is 11.8 Å². The highest BCUT2D eigenvalue weighted by atomic mass is 19.4. The first-order valence-electron chi connectivity index (χ1n) is 10.9. The van der Waals surface area contributed by atoms with Crippen molar-refractivity contribution in [3.8, 4) is 11.4 Å². The molecule has 4 unspecified atom stereocenters. The molecule has 2 aromatic carbocycles. The summed E-state index contributed by atoms with van der Waals surface area (Å²) in [5.74, 6) is -0.463. The van der Waals surface area contributed by atoms with Crippen molar-refractivity contribution in [3.05, 3.63) is 54.0 Å². The van der Waals surface area contributed by atoms with Crippen LogP contribution in [-0.4, -0.2) is 33.3 Å². The molecule has 3 aromatic rings. The molecule has 1 aliphatic heterocycles.